The van der Waals surface area contributed by atoms with E-state index in [0.717, 1.165) is 38.5 Å². The highest BCUT2D eigenvalue weighted by Gasteiger charge is 2.87. The molecule has 0 atom stereocenters. The number of nitrogens with zero attached hydrogens (tertiary/aromatic N) is 2. The van der Waals surface area contributed by atoms with Crippen molar-refractivity contribution >= 4 is 0 Å². The van der Waals surface area contributed by atoms with Gasteiger partial charge in [0.2, 0.25) is 0 Å². The van der Waals surface area contributed by atoms with Gasteiger partial charge in [-0.1, -0.05) is 39.0 Å². The van der Waals surface area contributed by atoms with Crippen LogP contribution in [0.25, 0.3) is 11.4 Å². The summed E-state index contributed by atoms with van der Waals surface area (Å²) in [5, 5.41) is 0. The molecule has 1 aromatic carbocycles. The van der Waals surface area contributed by atoms with E-state index in [0.29, 0.717) is 29.1 Å². The molecule has 0 unspecified atom stereocenters. The Hall–Kier alpha value is -3.49. The maximum absolute atomic E-state index is 14.2. The first kappa shape index (κ1) is 52.6. The maximum atomic E-state index is 14.2. The van der Waals surface area contributed by atoms with Crippen LogP contribution in [0.1, 0.15) is 63.9 Å². The summed E-state index contributed by atoms with van der Waals surface area (Å²) in [7, 11) is 0. The van der Waals surface area contributed by atoms with Crippen LogP contribution in [0.2, 0.25) is 0 Å². The lowest BCUT2D eigenvalue weighted by atomic mass is 10.0. The second-order valence-corrected chi connectivity index (χ2v) is 12.8. The fraction of sp³-hybridized carbons (Fsp3) is 0.697. The van der Waals surface area contributed by atoms with Gasteiger partial charge in [0.1, 0.15) is 12.4 Å². The Morgan fingerprint density at radius 1 is 0.517 bits per heavy atom. The topological polar surface area (TPSA) is 62.7 Å². The normalized spacial score (nSPS) is 14.5. The van der Waals surface area contributed by atoms with Crippen molar-refractivity contribution in [1.82, 2.24) is 9.97 Å². The number of unbranched alkanes of at least 4 members (excludes halogenated alkanes) is 6. The predicted octanol–water partition coefficient (Wildman–Crippen LogP) is 12.4. The number of hydrogen-bond donors (Lipinski definition) is 0. The zero-order valence-electron chi connectivity index (χ0n) is 30.4. The molecule has 0 amide bonds. The Labute approximate surface area is 325 Å². The van der Waals surface area contributed by atoms with E-state index in [1.807, 2.05) is 6.92 Å². The number of benzene rings is 1. The minimum Gasteiger partial charge on any atom is -0.493 e. The molecule has 0 radical (unpaired) electrons. The molecule has 0 bridgehead atoms. The van der Waals surface area contributed by atoms with Crippen LogP contribution in [0, 0.1) is 0 Å². The molecule has 2 aromatic rings. The summed E-state index contributed by atoms with van der Waals surface area (Å²) >= 11 is 0. The van der Waals surface area contributed by atoms with Gasteiger partial charge in [-0.2, -0.15) is 92.2 Å². The van der Waals surface area contributed by atoms with Crippen LogP contribution in [-0.2, 0) is 20.6 Å². The van der Waals surface area contributed by atoms with Crippen LogP contribution >= 0.6 is 0 Å². The van der Waals surface area contributed by atoms with Crippen LogP contribution in [0.3, 0.4) is 0 Å². The van der Waals surface area contributed by atoms with Crippen molar-refractivity contribution in [2.75, 3.05) is 19.8 Å². The summed E-state index contributed by atoms with van der Waals surface area (Å²) in [5.41, 5.74) is 1.35. The first-order valence-corrected chi connectivity index (χ1v) is 17.1. The predicted molar refractivity (Wildman–Crippen MR) is 163 cm³/mol. The Kier molecular flexibility index (Phi) is 16.9. The summed E-state index contributed by atoms with van der Waals surface area (Å²) in [6.45, 7) is -2.08. The molecule has 0 aliphatic carbocycles. The van der Waals surface area contributed by atoms with Crippen molar-refractivity contribution in [3.05, 3.63) is 42.2 Å². The van der Waals surface area contributed by atoms with E-state index in [1.54, 1.807) is 24.3 Å². The number of hydrogen-bond acceptors (Lipinski definition) is 6. The number of alkyl halides is 21. The van der Waals surface area contributed by atoms with Crippen LogP contribution in [0.15, 0.2) is 36.7 Å². The van der Waals surface area contributed by atoms with Crippen LogP contribution in [-0.4, -0.2) is 90.0 Å². The fourth-order valence-electron chi connectivity index (χ4n) is 4.72. The van der Waals surface area contributed by atoms with E-state index in [4.69, 9.17) is 4.74 Å². The molecular formula is C33H33F21N2O4. The Morgan fingerprint density at radius 3 is 1.52 bits per heavy atom. The van der Waals surface area contributed by atoms with E-state index < -0.39 is 73.4 Å². The van der Waals surface area contributed by atoms with E-state index in [1.165, 1.54) is 21.9 Å². The summed E-state index contributed by atoms with van der Waals surface area (Å²) in [4.78, 5) is 8.32. The minimum absolute atomic E-state index is 0.117. The number of rotatable bonds is 26. The average molecular weight is 921 g/mol. The zero-order chi connectivity index (χ0) is 46.3. The van der Waals surface area contributed by atoms with E-state index in [9.17, 15) is 92.2 Å². The molecule has 0 saturated carbocycles. The van der Waals surface area contributed by atoms with Gasteiger partial charge in [-0.15, -0.1) is 0 Å². The second kappa shape index (κ2) is 19.3. The fourth-order valence-corrected chi connectivity index (χ4v) is 4.72. The molecule has 0 fully saturated rings. The highest BCUT2D eigenvalue weighted by Crippen LogP contribution is 2.58. The number of aryl methyl sites for hydroxylation is 1. The molecule has 2 rings (SSSR count). The number of ether oxygens (including phenoxy) is 4. The molecule has 60 heavy (non-hydrogen) atoms. The molecular weight excluding hydrogens is 887 g/mol. The molecule has 346 valence electrons. The molecule has 1 aromatic heterocycles. The summed E-state index contributed by atoms with van der Waals surface area (Å²) < 4.78 is 294. The average Bonchev–Trinajstić information content (AvgIpc) is 3.11. The molecule has 6 nitrogen and oxygen atoms in total. The van der Waals surface area contributed by atoms with Gasteiger partial charge in [0.15, 0.2) is 5.82 Å². The lowest BCUT2D eigenvalue weighted by molar-refractivity contribution is -0.557. The third-order valence-corrected chi connectivity index (χ3v) is 8.09. The van der Waals surface area contributed by atoms with Crippen molar-refractivity contribution in [1.29, 1.82) is 0 Å². The molecule has 1 heterocycles. The van der Waals surface area contributed by atoms with Crippen LogP contribution in [0.4, 0.5) is 92.2 Å². The van der Waals surface area contributed by atoms with Gasteiger partial charge in [-0.25, -0.2) is 19.4 Å². The molecule has 27 heteroatoms. The Bertz CT molecular complexity index is 1640. The lowest BCUT2D eigenvalue weighted by Gasteiger charge is -2.39. The first-order valence-electron chi connectivity index (χ1n) is 17.1. The first-order chi connectivity index (χ1) is 27.2. The number of halogens is 21. The van der Waals surface area contributed by atoms with Gasteiger partial charge < -0.3 is 9.47 Å². The Morgan fingerprint density at radius 2 is 1.00 bits per heavy atom. The summed E-state index contributed by atoms with van der Waals surface area (Å²) in [6, 6.07) is 6.56. The standard InChI is InChI=1S/C33H33F21N2O4/c1-2-3-4-5-6-7-11-20-18-21(23-55-14-10-15-56-23)12-13-22(20)58-17-9-8-16-57-19-24(34,35)25(36,37)27(40,41)30(47,48)59-32(51,52)33(53,54)60-31(49,50)28(42,43)26(38,39)29(44,45)46/h10,12-15,18H,2-9,11,16-17,19H2,1H3. The quantitative estimate of drug-likeness (QED) is 0.0692. The second-order valence-electron chi connectivity index (χ2n) is 12.8. The lowest BCUT2D eigenvalue weighted by Crippen LogP contribution is -2.67. The van der Waals surface area contributed by atoms with Gasteiger partial charge in [-0.3, -0.25) is 0 Å². The van der Waals surface area contributed by atoms with Gasteiger partial charge in [0.05, 0.1) is 6.61 Å². The number of aromatic nitrogens is 2. The van der Waals surface area contributed by atoms with Crippen molar-refractivity contribution in [3.8, 4) is 17.1 Å². The molecule has 0 N–H and O–H groups in total. The zero-order valence-corrected chi connectivity index (χ0v) is 30.4. The van der Waals surface area contributed by atoms with Crippen LogP contribution in [0.5, 0.6) is 5.75 Å². The van der Waals surface area contributed by atoms with Crippen molar-refractivity contribution in [2.24, 2.45) is 0 Å². The summed E-state index contributed by atoms with van der Waals surface area (Å²) in [5.74, 6) is -37.9. The van der Waals surface area contributed by atoms with Gasteiger partial charge in [0.25, 0.3) is 0 Å². The van der Waals surface area contributed by atoms with Crippen molar-refractivity contribution < 1.29 is 111 Å². The highest BCUT2D eigenvalue weighted by atomic mass is 19.4. The van der Waals surface area contributed by atoms with E-state index >= 15 is 0 Å². The van der Waals surface area contributed by atoms with E-state index in [-0.39, 0.29) is 19.4 Å². The van der Waals surface area contributed by atoms with Gasteiger partial charge in [0, 0.05) is 24.6 Å². The molecule has 0 aliphatic heterocycles. The van der Waals surface area contributed by atoms with Gasteiger partial charge in [-0.05, 0) is 55.5 Å². The smallest absolute Gasteiger partial charge is 0.460 e. The third-order valence-electron chi connectivity index (χ3n) is 8.09. The third kappa shape index (κ3) is 11.7. The highest BCUT2D eigenvalue weighted by molar-refractivity contribution is 5.58. The maximum Gasteiger partial charge on any atom is 0.460 e. The molecule has 0 aliphatic rings. The molecule has 0 saturated heterocycles. The SMILES string of the molecule is CCCCCCCCc1cc(-c2ncccn2)ccc1OCCCCOCC(F)(F)C(F)(F)C(F)(F)C(F)(F)OC(F)(F)C(F)(F)OC(F)(F)C(F)(F)C(F)(F)C(F)(F)F. The van der Waals surface area contributed by atoms with Crippen molar-refractivity contribution in [3.63, 3.8) is 0 Å². The van der Waals surface area contributed by atoms with Crippen LogP contribution < -0.4 is 4.74 Å². The van der Waals surface area contributed by atoms with Crippen molar-refractivity contribution in [2.45, 2.75) is 125 Å². The monoisotopic (exact) mass is 920 g/mol. The van der Waals surface area contributed by atoms with Gasteiger partial charge >= 0.3 is 60.2 Å². The summed E-state index contributed by atoms with van der Waals surface area (Å²) in [6.07, 6.45) is -31.4. The molecule has 0 spiro atoms. The van der Waals surface area contributed by atoms with E-state index in [2.05, 4.69) is 14.7 Å². The Balaban J connectivity index is 2.06. The minimum atomic E-state index is -8.30. The largest absolute Gasteiger partial charge is 0.493 e.